The highest BCUT2D eigenvalue weighted by Crippen LogP contribution is 2.23. The molecule has 1 saturated heterocycles. The molecule has 3 aromatic rings. The van der Waals surface area contributed by atoms with Gasteiger partial charge in [-0.25, -0.2) is 0 Å². The zero-order chi connectivity index (χ0) is 21.8. The summed E-state index contributed by atoms with van der Waals surface area (Å²) >= 11 is 0. The number of anilines is 1. The lowest BCUT2D eigenvalue weighted by Crippen LogP contribution is -2.37. The van der Waals surface area contributed by atoms with Crippen LogP contribution in [0.25, 0.3) is 10.9 Å². The topological polar surface area (TPSA) is 71.4 Å². The minimum absolute atomic E-state index is 0.0424. The van der Waals surface area contributed by atoms with E-state index in [-0.39, 0.29) is 12.5 Å². The Balaban J connectivity index is 1.59. The van der Waals surface area contributed by atoms with Gasteiger partial charge in [-0.15, -0.1) is 0 Å². The molecular formula is C25H27N3O3. The average molecular weight is 418 g/mol. The van der Waals surface area contributed by atoms with Crippen molar-refractivity contribution < 1.29 is 14.4 Å². The summed E-state index contributed by atoms with van der Waals surface area (Å²) in [5, 5.41) is 3.43. The maximum Gasteiger partial charge on any atom is 0.296 e. The molecule has 160 valence electrons. The smallest absolute Gasteiger partial charge is 0.296 e. The molecule has 1 fully saturated rings. The van der Waals surface area contributed by atoms with E-state index >= 15 is 0 Å². The van der Waals surface area contributed by atoms with Crippen molar-refractivity contribution in [1.82, 2.24) is 9.47 Å². The van der Waals surface area contributed by atoms with E-state index in [9.17, 15) is 14.4 Å². The second-order valence-electron chi connectivity index (χ2n) is 7.92. The number of amides is 2. The zero-order valence-electron chi connectivity index (χ0n) is 17.8. The van der Waals surface area contributed by atoms with Crippen molar-refractivity contribution in [3.05, 3.63) is 65.9 Å². The number of para-hydroxylation sites is 2. The molecule has 2 aromatic carbocycles. The van der Waals surface area contributed by atoms with E-state index in [0.717, 1.165) is 49.9 Å². The summed E-state index contributed by atoms with van der Waals surface area (Å²) in [6.07, 6.45) is 5.61. The molecule has 0 saturated carbocycles. The molecule has 4 rings (SSSR count). The largest absolute Gasteiger partial charge is 0.341 e. The molecule has 2 amide bonds. The van der Waals surface area contributed by atoms with Crippen LogP contribution in [0.1, 0.15) is 42.1 Å². The lowest BCUT2D eigenvalue weighted by Gasteiger charge is -2.27. The number of aryl methyl sites for hydroxylation is 1. The van der Waals surface area contributed by atoms with E-state index in [1.54, 1.807) is 16.8 Å². The summed E-state index contributed by atoms with van der Waals surface area (Å²) in [5.41, 5.74) is 2.71. The third-order valence-electron chi connectivity index (χ3n) is 5.90. The van der Waals surface area contributed by atoms with Crippen LogP contribution in [-0.4, -0.2) is 40.2 Å². The van der Waals surface area contributed by atoms with Gasteiger partial charge in [-0.2, -0.15) is 0 Å². The Hall–Kier alpha value is -3.41. The number of aromatic nitrogens is 1. The minimum atomic E-state index is -0.675. The maximum atomic E-state index is 13.0. The first-order valence-electron chi connectivity index (χ1n) is 10.9. The van der Waals surface area contributed by atoms with Gasteiger partial charge in [-0.3, -0.25) is 14.4 Å². The molecule has 0 spiro atoms. The monoisotopic (exact) mass is 417 g/mol. The third-order valence-corrected chi connectivity index (χ3v) is 5.90. The number of nitrogens with zero attached hydrogens (tertiary/aromatic N) is 2. The van der Waals surface area contributed by atoms with E-state index in [1.165, 1.54) is 0 Å². The number of rotatable bonds is 6. The minimum Gasteiger partial charge on any atom is -0.341 e. The van der Waals surface area contributed by atoms with Crippen LogP contribution in [0.2, 0.25) is 0 Å². The van der Waals surface area contributed by atoms with Crippen molar-refractivity contribution in [1.29, 1.82) is 0 Å². The van der Waals surface area contributed by atoms with Crippen LogP contribution in [-0.2, 0) is 22.6 Å². The van der Waals surface area contributed by atoms with E-state index in [4.69, 9.17) is 0 Å². The molecule has 6 heteroatoms. The summed E-state index contributed by atoms with van der Waals surface area (Å²) < 4.78 is 1.78. The highest BCUT2D eigenvalue weighted by molar-refractivity contribution is 6.48. The lowest BCUT2D eigenvalue weighted by molar-refractivity contribution is -0.132. The van der Waals surface area contributed by atoms with Gasteiger partial charge in [0.15, 0.2) is 0 Å². The van der Waals surface area contributed by atoms with Gasteiger partial charge in [0.2, 0.25) is 5.91 Å². The summed E-state index contributed by atoms with van der Waals surface area (Å²) in [7, 11) is 0. The van der Waals surface area contributed by atoms with E-state index in [0.29, 0.717) is 16.6 Å². The van der Waals surface area contributed by atoms with Gasteiger partial charge >= 0.3 is 0 Å². The zero-order valence-corrected chi connectivity index (χ0v) is 17.8. The second-order valence-corrected chi connectivity index (χ2v) is 7.92. The van der Waals surface area contributed by atoms with Crippen LogP contribution >= 0.6 is 0 Å². The summed E-state index contributed by atoms with van der Waals surface area (Å²) in [6.45, 7) is 3.72. The number of hydrogen-bond acceptors (Lipinski definition) is 3. The Bertz CT molecular complexity index is 1130. The number of fused-ring (bicyclic) bond motifs is 1. The van der Waals surface area contributed by atoms with Crippen molar-refractivity contribution in [3.8, 4) is 0 Å². The molecular weight excluding hydrogens is 390 g/mol. The predicted molar refractivity (Wildman–Crippen MR) is 121 cm³/mol. The number of likely N-dealkylation sites (tertiary alicyclic amines) is 1. The Morgan fingerprint density at radius 3 is 2.42 bits per heavy atom. The second kappa shape index (κ2) is 9.16. The van der Waals surface area contributed by atoms with Gasteiger partial charge in [0.1, 0.15) is 6.54 Å². The fourth-order valence-corrected chi connectivity index (χ4v) is 4.20. The number of benzene rings is 2. The van der Waals surface area contributed by atoms with Crippen LogP contribution in [0.3, 0.4) is 0 Å². The first kappa shape index (κ1) is 20.8. The van der Waals surface area contributed by atoms with Gasteiger partial charge in [-0.1, -0.05) is 43.3 Å². The number of hydrogen-bond donors (Lipinski definition) is 1. The molecule has 1 N–H and O–H groups in total. The van der Waals surface area contributed by atoms with Gasteiger partial charge in [-0.05, 0) is 43.4 Å². The van der Waals surface area contributed by atoms with Crippen LogP contribution in [0, 0.1) is 0 Å². The standard InChI is InChI=1S/C25H27N3O3/c1-2-18-10-4-6-12-21(18)26-25(31)24(30)20-16-28(22-13-7-5-11-19(20)22)17-23(29)27-14-8-3-9-15-27/h4-7,10-13,16H,2-3,8-9,14-15,17H2,1H3,(H,26,31). The van der Waals surface area contributed by atoms with Crippen molar-refractivity contribution in [2.45, 2.75) is 39.2 Å². The fraction of sp³-hybridized carbons (Fsp3) is 0.320. The Labute approximate surface area is 181 Å². The van der Waals surface area contributed by atoms with Crippen molar-refractivity contribution >= 4 is 34.2 Å². The maximum absolute atomic E-state index is 13.0. The molecule has 0 aliphatic carbocycles. The molecule has 0 atom stereocenters. The Morgan fingerprint density at radius 2 is 1.65 bits per heavy atom. The molecule has 0 unspecified atom stereocenters. The van der Waals surface area contributed by atoms with Crippen molar-refractivity contribution in [2.24, 2.45) is 0 Å². The number of ketones is 1. The molecule has 1 aliphatic heterocycles. The number of carbonyl (C=O) groups is 3. The summed E-state index contributed by atoms with van der Waals surface area (Å²) in [4.78, 5) is 40.5. The first-order valence-corrected chi connectivity index (χ1v) is 10.9. The fourth-order valence-electron chi connectivity index (χ4n) is 4.20. The van der Waals surface area contributed by atoms with E-state index in [2.05, 4.69) is 5.32 Å². The van der Waals surface area contributed by atoms with Crippen LogP contribution in [0.15, 0.2) is 54.7 Å². The number of nitrogens with one attached hydrogen (secondary N) is 1. The third kappa shape index (κ3) is 4.38. The van der Waals surface area contributed by atoms with E-state index in [1.807, 2.05) is 54.3 Å². The van der Waals surface area contributed by atoms with Gasteiger partial charge in [0.05, 0.1) is 5.56 Å². The SMILES string of the molecule is CCc1ccccc1NC(=O)C(=O)c1cn(CC(=O)N2CCCCC2)c2ccccc12. The number of carbonyl (C=O) groups excluding carboxylic acids is 3. The molecule has 2 heterocycles. The highest BCUT2D eigenvalue weighted by atomic mass is 16.2. The Kier molecular flexibility index (Phi) is 6.16. The van der Waals surface area contributed by atoms with Gasteiger partial charge < -0.3 is 14.8 Å². The van der Waals surface area contributed by atoms with Crippen LogP contribution in [0.4, 0.5) is 5.69 Å². The van der Waals surface area contributed by atoms with Crippen molar-refractivity contribution in [2.75, 3.05) is 18.4 Å². The quantitative estimate of drug-likeness (QED) is 0.486. The molecule has 31 heavy (non-hydrogen) atoms. The lowest BCUT2D eigenvalue weighted by atomic mass is 10.1. The predicted octanol–water partition coefficient (Wildman–Crippen LogP) is 4.04. The number of Topliss-reactive ketones (excluding diaryl/α,β-unsaturated/α-hetero) is 1. The molecule has 6 nitrogen and oxygen atoms in total. The van der Waals surface area contributed by atoms with Crippen LogP contribution < -0.4 is 5.32 Å². The van der Waals surface area contributed by atoms with E-state index < -0.39 is 11.7 Å². The number of piperidine rings is 1. The highest BCUT2D eigenvalue weighted by Gasteiger charge is 2.24. The first-order chi connectivity index (χ1) is 15.1. The molecule has 1 aliphatic rings. The Morgan fingerprint density at radius 1 is 0.935 bits per heavy atom. The molecule has 0 radical (unpaired) electrons. The summed E-state index contributed by atoms with van der Waals surface area (Å²) in [5.74, 6) is -1.24. The van der Waals surface area contributed by atoms with Gasteiger partial charge in [0, 0.05) is 35.9 Å². The molecule has 1 aromatic heterocycles. The average Bonchev–Trinajstić information content (AvgIpc) is 3.17. The molecule has 0 bridgehead atoms. The summed E-state index contributed by atoms with van der Waals surface area (Å²) in [6, 6.07) is 14.9. The van der Waals surface area contributed by atoms with Gasteiger partial charge in [0.25, 0.3) is 11.7 Å². The normalized spacial score (nSPS) is 13.9. The van der Waals surface area contributed by atoms with Crippen molar-refractivity contribution in [3.63, 3.8) is 0 Å². The van der Waals surface area contributed by atoms with Crippen LogP contribution in [0.5, 0.6) is 0 Å².